The molecule has 1 aromatic carbocycles. The zero-order valence-corrected chi connectivity index (χ0v) is 9.46. The first-order valence-corrected chi connectivity index (χ1v) is 5.43. The molecule has 6 heteroatoms. The topological polar surface area (TPSA) is 98.6 Å². The highest BCUT2D eigenvalue weighted by Gasteiger charge is 2.18. The van der Waals surface area contributed by atoms with Gasteiger partial charge in [-0.25, -0.2) is 0 Å². The summed E-state index contributed by atoms with van der Waals surface area (Å²) in [5, 5.41) is 19.4. The largest absolute Gasteiger partial charge is 0.487 e. The predicted molar refractivity (Wildman–Crippen MR) is 63.9 cm³/mol. The van der Waals surface area contributed by atoms with Gasteiger partial charge < -0.3 is 15.6 Å². The van der Waals surface area contributed by atoms with E-state index in [1.165, 1.54) is 12.1 Å². The first kappa shape index (κ1) is 13.2. The number of anilines is 1. The number of aliphatic hydroxyl groups is 1. The monoisotopic (exact) mass is 240 g/mol. The molecule has 0 radical (unpaired) electrons. The number of rotatable bonds is 7. The summed E-state index contributed by atoms with van der Waals surface area (Å²) < 4.78 is 5.32. The van der Waals surface area contributed by atoms with Gasteiger partial charge in [0.05, 0.1) is 11.5 Å². The fourth-order valence-electron chi connectivity index (χ4n) is 1.42. The third-order valence-electron chi connectivity index (χ3n) is 2.27. The van der Waals surface area contributed by atoms with E-state index >= 15 is 0 Å². The lowest BCUT2D eigenvalue weighted by atomic mass is 10.2. The number of aliphatic hydroxyl groups excluding tert-OH is 1. The molecule has 0 aliphatic heterocycles. The van der Waals surface area contributed by atoms with Crippen LogP contribution >= 0.6 is 0 Å². The van der Waals surface area contributed by atoms with Crippen LogP contribution < -0.4 is 10.5 Å². The molecule has 0 spiro atoms. The van der Waals surface area contributed by atoms with Gasteiger partial charge in [-0.2, -0.15) is 0 Å². The minimum atomic E-state index is -0.543. The molecular weight excluding hydrogens is 224 g/mol. The van der Waals surface area contributed by atoms with E-state index in [4.69, 9.17) is 15.6 Å². The summed E-state index contributed by atoms with van der Waals surface area (Å²) >= 11 is 0. The Bertz CT molecular complexity index is 382. The summed E-state index contributed by atoms with van der Waals surface area (Å²) in [6.45, 7) is 0.530. The van der Waals surface area contributed by atoms with Crippen molar-refractivity contribution < 1.29 is 14.8 Å². The Morgan fingerprint density at radius 1 is 1.35 bits per heavy atom. The Balaban J connectivity index is 2.58. The number of nitrogen functional groups attached to an aromatic ring is 1. The van der Waals surface area contributed by atoms with Crippen LogP contribution in [0.1, 0.15) is 19.3 Å². The van der Waals surface area contributed by atoms with Crippen LogP contribution in [-0.4, -0.2) is 23.2 Å². The average molecular weight is 240 g/mol. The number of benzene rings is 1. The molecule has 0 aromatic heterocycles. The van der Waals surface area contributed by atoms with E-state index in [-0.39, 0.29) is 23.7 Å². The molecule has 0 heterocycles. The Morgan fingerprint density at radius 3 is 2.76 bits per heavy atom. The maximum absolute atomic E-state index is 10.8. The average Bonchev–Trinajstić information content (AvgIpc) is 2.28. The van der Waals surface area contributed by atoms with Crippen molar-refractivity contribution in [3.63, 3.8) is 0 Å². The van der Waals surface area contributed by atoms with Gasteiger partial charge in [0.15, 0.2) is 5.75 Å². The first-order valence-electron chi connectivity index (χ1n) is 5.43. The molecule has 3 N–H and O–H groups in total. The van der Waals surface area contributed by atoms with Crippen molar-refractivity contribution in [2.45, 2.75) is 19.3 Å². The standard InChI is InChI=1S/C11H16N2O4/c12-9-5-4-6-10(11(9)13(15)16)17-8-3-1-2-7-14/h4-6,14H,1-3,7-8,12H2. The van der Waals surface area contributed by atoms with Gasteiger partial charge in [0.2, 0.25) is 0 Å². The Hall–Kier alpha value is -1.82. The number of nitrogens with two attached hydrogens (primary N) is 1. The van der Waals surface area contributed by atoms with Gasteiger partial charge in [0.1, 0.15) is 5.69 Å². The van der Waals surface area contributed by atoms with Crippen molar-refractivity contribution in [2.75, 3.05) is 18.9 Å². The van der Waals surface area contributed by atoms with Gasteiger partial charge >= 0.3 is 5.69 Å². The molecule has 0 aliphatic carbocycles. The number of ether oxygens (including phenoxy) is 1. The van der Waals surface area contributed by atoms with Gasteiger partial charge in [-0.3, -0.25) is 10.1 Å². The van der Waals surface area contributed by atoms with Gasteiger partial charge in [-0.1, -0.05) is 6.07 Å². The van der Waals surface area contributed by atoms with Crippen LogP contribution in [-0.2, 0) is 0 Å². The third kappa shape index (κ3) is 3.92. The first-order chi connectivity index (χ1) is 8.16. The molecule has 17 heavy (non-hydrogen) atoms. The highest BCUT2D eigenvalue weighted by Crippen LogP contribution is 2.32. The van der Waals surface area contributed by atoms with Crippen molar-refractivity contribution in [3.05, 3.63) is 28.3 Å². The van der Waals surface area contributed by atoms with E-state index in [9.17, 15) is 10.1 Å². The van der Waals surface area contributed by atoms with Crippen LogP contribution in [0.4, 0.5) is 11.4 Å². The van der Waals surface area contributed by atoms with Crippen LogP contribution in [0.25, 0.3) is 0 Å². The van der Waals surface area contributed by atoms with Gasteiger partial charge in [-0.15, -0.1) is 0 Å². The lowest BCUT2D eigenvalue weighted by molar-refractivity contribution is -0.384. The van der Waals surface area contributed by atoms with Crippen molar-refractivity contribution in [2.24, 2.45) is 0 Å². The smallest absolute Gasteiger partial charge is 0.333 e. The van der Waals surface area contributed by atoms with E-state index in [0.29, 0.717) is 13.0 Å². The highest BCUT2D eigenvalue weighted by molar-refractivity contribution is 5.65. The Kier molecular flexibility index (Phi) is 5.22. The molecule has 0 amide bonds. The molecule has 0 saturated carbocycles. The van der Waals surface area contributed by atoms with Crippen LogP contribution in [0.15, 0.2) is 18.2 Å². The summed E-state index contributed by atoms with van der Waals surface area (Å²) in [6, 6.07) is 4.61. The van der Waals surface area contributed by atoms with Crippen LogP contribution in [0.5, 0.6) is 5.75 Å². The lowest BCUT2D eigenvalue weighted by Crippen LogP contribution is -2.03. The molecule has 94 valence electrons. The highest BCUT2D eigenvalue weighted by atomic mass is 16.6. The molecule has 1 aromatic rings. The fraction of sp³-hybridized carbons (Fsp3) is 0.455. The van der Waals surface area contributed by atoms with Gasteiger partial charge in [0.25, 0.3) is 0 Å². The van der Waals surface area contributed by atoms with Crippen molar-refractivity contribution in [3.8, 4) is 5.75 Å². The molecule has 1 rings (SSSR count). The van der Waals surface area contributed by atoms with E-state index in [1.54, 1.807) is 6.07 Å². The van der Waals surface area contributed by atoms with Crippen molar-refractivity contribution >= 4 is 11.4 Å². The summed E-state index contributed by atoms with van der Waals surface area (Å²) in [6.07, 6.45) is 2.28. The Labute approximate surface area is 99.2 Å². The molecule has 0 atom stereocenters. The van der Waals surface area contributed by atoms with Crippen LogP contribution in [0.3, 0.4) is 0 Å². The predicted octanol–water partition coefficient (Wildman–Crippen LogP) is 1.72. The quantitative estimate of drug-likeness (QED) is 0.327. The van der Waals surface area contributed by atoms with Gasteiger partial charge in [0, 0.05) is 6.61 Å². The van der Waals surface area contributed by atoms with Crippen LogP contribution in [0.2, 0.25) is 0 Å². The maximum atomic E-state index is 10.8. The molecule has 6 nitrogen and oxygen atoms in total. The molecule has 0 aliphatic rings. The van der Waals surface area contributed by atoms with E-state index < -0.39 is 4.92 Å². The third-order valence-corrected chi connectivity index (χ3v) is 2.27. The molecule has 0 saturated heterocycles. The summed E-state index contributed by atoms with van der Waals surface area (Å²) in [5.74, 6) is 0.194. The molecular formula is C11H16N2O4. The van der Waals surface area contributed by atoms with E-state index in [0.717, 1.165) is 12.8 Å². The zero-order valence-electron chi connectivity index (χ0n) is 9.46. The number of para-hydroxylation sites is 1. The number of nitro groups is 1. The second-order valence-corrected chi connectivity index (χ2v) is 3.58. The number of nitro benzene ring substituents is 1. The summed E-state index contributed by atoms with van der Waals surface area (Å²) in [4.78, 5) is 10.2. The lowest BCUT2D eigenvalue weighted by Gasteiger charge is -2.07. The maximum Gasteiger partial charge on any atom is 0.333 e. The molecule has 0 fully saturated rings. The van der Waals surface area contributed by atoms with Crippen molar-refractivity contribution in [1.29, 1.82) is 0 Å². The summed E-state index contributed by atoms with van der Waals surface area (Å²) in [5.41, 5.74) is 5.43. The number of unbranched alkanes of at least 4 members (excludes halogenated alkanes) is 2. The molecule has 0 unspecified atom stereocenters. The number of nitrogens with zero attached hydrogens (tertiary/aromatic N) is 1. The van der Waals surface area contributed by atoms with Gasteiger partial charge in [-0.05, 0) is 31.4 Å². The van der Waals surface area contributed by atoms with Crippen molar-refractivity contribution in [1.82, 2.24) is 0 Å². The summed E-state index contributed by atoms with van der Waals surface area (Å²) in [7, 11) is 0. The molecule has 0 bridgehead atoms. The van der Waals surface area contributed by atoms with E-state index in [1.807, 2.05) is 0 Å². The second-order valence-electron chi connectivity index (χ2n) is 3.58. The van der Waals surface area contributed by atoms with E-state index in [2.05, 4.69) is 0 Å². The number of hydrogen-bond acceptors (Lipinski definition) is 5. The fourth-order valence-corrected chi connectivity index (χ4v) is 1.42. The Morgan fingerprint density at radius 2 is 2.12 bits per heavy atom. The second kappa shape index (κ2) is 6.70. The minimum Gasteiger partial charge on any atom is -0.487 e. The normalized spacial score (nSPS) is 10.2. The SMILES string of the molecule is Nc1cccc(OCCCCCO)c1[N+](=O)[O-]. The minimum absolute atomic E-state index is 0.0999. The zero-order chi connectivity index (χ0) is 12.7. The van der Waals surface area contributed by atoms with Crippen LogP contribution in [0, 0.1) is 10.1 Å². The number of hydrogen-bond donors (Lipinski definition) is 2.